The standard InChI is InChI=1S/C15H12BrF3O/c1-8-2-3-9(17)6-10(8)14(20)7-11-13(18)5-4-12(16)15(11)19/h2-6,14,20H,7H2,1H3. The van der Waals surface area contributed by atoms with Gasteiger partial charge in [-0.3, -0.25) is 0 Å². The predicted octanol–water partition coefficient (Wildman–Crippen LogP) is 4.45. The molecule has 0 fully saturated rings. The molecule has 2 aromatic rings. The van der Waals surface area contributed by atoms with Crippen LogP contribution in [-0.2, 0) is 6.42 Å². The van der Waals surface area contributed by atoms with Crippen LogP contribution in [0.4, 0.5) is 13.2 Å². The summed E-state index contributed by atoms with van der Waals surface area (Å²) in [6.45, 7) is 1.70. The Morgan fingerprint density at radius 2 is 1.85 bits per heavy atom. The molecule has 2 aromatic carbocycles. The number of halogens is 4. The van der Waals surface area contributed by atoms with Crippen LogP contribution in [0.15, 0.2) is 34.8 Å². The van der Waals surface area contributed by atoms with E-state index >= 15 is 0 Å². The molecule has 0 saturated carbocycles. The fourth-order valence-corrected chi connectivity index (χ4v) is 2.40. The van der Waals surface area contributed by atoms with Gasteiger partial charge in [0.2, 0.25) is 0 Å². The minimum Gasteiger partial charge on any atom is -0.388 e. The fraction of sp³-hybridized carbons (Fsp3) is 0.200. The highest BCUT2D eigenvalue weighted by Gasteiger charge is 2.19. The van der Waals surface area contributed by atoms with Gasteiger partial charge >= 0.3 is 0 Å². The third kappa shape index (κ3) is 3.04. The molecule has 0 aliphatic heterocycles. The van der Waals surface area contributed by atoms with Crippen LogP contribution in [0.3, 0.4) is 0 Å². The molecule has 0 heterocycles. The molecule has 106 valence electrons. The summed E-state index contributed by atoms with van der Waals surface area (Å²) in [5.41, 5.74) is 0.758. The molecule has 0 saturated heterocycles. The lowest BCUT2D eigenvalue weighted by molar-refractivity contribution is 0.174. The van der Waals surface area contributed by atoms with Crippen molar-refractivity contribution in [2.45, 2.75) is 19.4 Å². The molecule has 1 N–H and O–H groups in total. The molecule has 1 unspecified atom stereocenters. The quantitative estimate of drug-likeness (QED) is 0.815. The van der Waals surface area contributed by atoms with Crippen LogP contribution >= 0.6 is 15.9 Å². The van der Waals surface area contributed by atoms with E-state index in [4.69, 9.17) is 0 Å². The van der Waals surface area contributed by atoms with E-state index in [1.165, 1.54) is 24.3 Å². The van der Waals surface area contributed by atoms with Gasteiger partial charge < -0.3 is 5.11 Å². The number of benzene rings is 2. The van der Waals surface area contributed by atoms with Crippen molar-refractivity contribution in [3.8, 4) is 0 Å². The van der Waals surface area contributed by atoms with Crippen molar-refractivity contribution in [3.63, 3.8) is 0 Å². The summed E-state index contributed by atoms with van der Waals surface area (Å²) >= 11 is 2.97. The molecular weight excluding hydrogens is 333 g/mol. The van der Waals surface area contributed by atoms with Crippen molar-refractivity contribution in [2.24, 2.45) is 0 Å². The Balaban J connectivity index is 2.35. The molecule has 0 aliphatic carbocycles. The highest BCUT2D eigenvalue weighted by atomic mass is 79.9. The van der Waals surface area contributed by atoms with Crippen molar-refractivity contribution in [1.82, 2.24) is 0 Å². The van der Waals surface area contributed by atoms with Crippen LogP contribution in [0.2, 0.25) is 0 Å². The van der Waals surface area contributed by atoms with Gasteiger partial charge in [-0.25, -0.2) is 13.2 Å². The average molecular weight is 345 g/mol. The number of aliphatic hydroxyl groups is 1. The van der Waals surface area contributed by atoms with E-state index in [0.29, 0.717) is 11.1 Å². The van der Waals surface area contributed by atoms with Crippen molar-refractivity contribution in [3.05, 3.63) is 68.9 Å². The summed E-state index contributed by atoms with van der Waals surface area (Å²) < 4.78 is 40.8. The first kappa shape index (κ1) is 15.1. The average Bonchev–Trinajstić information content (AvgIpc) is 2.41. The van der Waals surface area contributed by atoms with E-state index in [0.717, 1.165) is 6.07 Å². The largest absolute Gasteiger partial charge is 0.388 e. The predicted molar refractivity (Wildman–Crippen MR) is 73.9 cm³/mol. The van der Waals surface area contributed by atoms with Crippen LogP contribution in [0.1, 0.15) is 22.8 Å². The second-order valence-electron chi connectivity index (χ2n) is 4.54. The lowest BCUT2D eigenvalue weighted by atomic mass is 9.97. The summed E-state index contributed by atoms with van der Waals surface area (Å²) in [6, 6.07) is 6.34. The van der Waals surface area contributed by atoms with Crippen molar-refractivity contribution >= 4 is 15.9 Å². The molecule has 1 nitrogen and oxygen atoms in total. The van der Waals surface area contributed by atoms with E-state index < -0.39 is 23.6 Å². The summed E-state index contributed by atoms with van der Waals surface area (Å²) in [6.07, 6.45) is -1.44. The number of aliphatic hydroxyl groups excluding tert-OH is 1. The highest BCUT2D eigenvalue weighted by Crippen LogP contribution is 2.28. The van der Waals surface area contributed by atoms with E-state index in [2.05, 4.69) is 15.9 Å². The van der Waals surface area contributed by atoms with Gasteiger partial charge in [0.1, 0.15) is 17.5 Å². The zero-order chi connectivity index (χ0) is 14.9. The Labute approximate surface area is 123 Å². The van der Waals surface area contributed by atoms with Gasteiger partial charge in [-0.1, -0.05) is 6.07 Å². The molecule has 0 aliphatic rings. The van der Waals surface area contributed by atoms with Gasteiger partial charge in [0.25, 0.3) is 0 Å². The lowest BCUT2D eigenvalue weighted by Crippen LogP contribution is -2.08. The van der Waals surface area contributed by atoms with E-state index in [1.807, 2.05) is 0 Å². The third-order valence-corrected chi connectivity index (χ3v) is 3.75. The summed E-state index contributed by atoms with van der Waals surface area (Å²) in [4.78, 5) is 0. The smallest absolute Gasteiger partial charge is 0.143 e. The highest BCUT2D eigenvalue weighted by molar-refractivity contribution is 9.10. The van der Waals surface area contributed by atoms with Crippen LogP contribution in [-0.4, -0.2) is 5.11 Å². The molecule has 0 aromatic heterocycles. The monoisotopic (exact) mass is 344 g/mol. The first-order chi connectivity index (χ1) is 9.40. The van der Waals surface area contributed by atoms with Gasteiger partial charge in [-0.2, -0.15) is 0 Å². The van der Waals surface area contributed by atoms with E-state index in [9.17, 15) is 18.3 Å². The van der Waals surface area contributed by atoms with Crippen LogP contribution in [0, 0.1) is 24.4 Å². The summed E-state index contributed by atoms with van der Waals surface area (Å²) in [5, 5.41) is 10.1. The van der Waals surface area contributed by atoms with Crippen LogP contribution in [0.5, 0.6) is 0 Å². The molecular formula is C15H12BrF3O. The molecule has 0 bridgehead atoms. The zero-order valence-electron chi connectivity index (χ0n) is 10.6. The molecule has 5 heteroatoms. The third-order valence-electron chi connectivity index (χ3n) is 3.14. The minimum absolute atomic E-state index is 0.122. The fourth-order valence-electron chi connectivity index (χ4n) is 2.03. The van der Waals surface area contributed by atoms with Crippen molar-refractivity contribution in [2.75, 3.05) is 0 Å². The van der Waals surface area contributed by atoms with Crippen LogP contribution in [0.25, 0.3) is 0 Å². The first-order valence-electron chi connectivity index (χ1n) is 5.96. The Morgan fingerprint density at radius 1 is 1.15 bits per heavy atom. The Hall–Kier alpha value is -1.33. The SMILES string of the molecule is Cc1ccc(F)cc1C(O)Cc1c(F)ccc(Br)c1F. The second kappa shape index (κ2) is 5.97. The Morgan fingerprint density at radius 3 is 2.55 bits per heavy atom. The van der Waals surface area contributed by atoms with Gasteiger partial charge in [0.05, 0.1) is 10.6 Å². The maximum absolute atomic E-state index is 13.8. The topological polar surface area (TPSA) is 20.2 Å². The Kier molecular flexibility index (Phi) is 4.50. The number of hydrogen-bond donors (Lipinski definition) is 1. The van der Waals surface area contributed by atoms with Gasteiger partial charge in [-0.05, 0) is 58.2 Å². The molecule has 20 heavy (non-hydrogen) atoms. The van der Waals surface area contributed by atoms with Crippen molar-refractivity contribution in [1.29, 1.82) is 0 Å². The van der Waals surface area contributed by atoms with E-state index in [1.54, 1.807) is 6.92 Å². The molecule has 0 spiro atoms. The molecule has 1 atom stereocenters. The molecule has 0 amide bonds. The molecule has 2 rings (SSSR count). The maximum Gasteiger partial charge on any atom is 0.143 e. The lowest BCUT2D eigenvalue weighted by Gasteiger charge is -2.15. The van der Waals surface area contributed by atoms with Gasteiger partial charge in [0.15, 0.2) is 0 Å². The number of hydrogen-bond acceptors (Lipinski definition) is 1. The maximum atomic E-state index is 13.8. The molecule has 0 radical (unpaired) electrons. The number of aryl methyl sites for hydroxylation is 1. The number of rotatable bonds is 3. The summed E-state index contributed by atoms with van der Waals surface area (Å²) in [5.74, 6) is -1.99. The van der Waals surface area contributed by atoms with E-state index in [-0.39, 0.29) is 16.5 Å². The minimum atomic E-state index is -1.18. The zero-order valence-corrected chi connectivity index (χ0v) is 12.2. The first-order valence-corrected chi connectivity index (χ1v) is 6.76. The normalized spacial score (nSPS) is 12.5. The van der Waals surface area contributed by atoms with Crippen LogP contribution < -0.4 is 0 Å². The van der Waals surface area contributed by atoms with Gasteiger partial charge in [0, 0.05) is 12.0 Å². The second-order valence-corrected chi connectivity index (χ2v) is 5.40. The summed E-state index contributed by atoms with van der Waals surface area (Å²) in [7, 11) is 0. The Bertz CT molecular complexity index is 643. The van der Waals surface area contributed by atoms with Crippen molar-refractivity contribution < 1.29 is 18.3 Å². The van der Waals surface area contributed by atoms with Gasteiger partial charge in [-0.15, -0.1) is 0 Å².